The quantitative estimate of drug-likeness (QED) is 0.596. The summed E-state index contributed by atoms with van der Waals surface area (Å²) < 4.78 is 4.36. The monoisotopic (exact) mass is 400 g/mol. The van der Waals surface area contributed by atoms with Gasteiger partial charge >= 0.3 is 0 Å². The van der Waals surface area contributed by atoms with E-state index in [1.54, 1.807) is 12.3 Å². The van der Waals surface area contributed by atoms with Gasteiger partial charge in [-0.25, -0.2) is 4.98 Å². The van der Waals surface area contributed by atoms with Crippen molar-refractivity contribution in [3.63, 3.8) is 0 Å². The molecule has 0 saturated carbocycles. The van der Waals surface area contributed by atoms with E-state index in [0.717, 1.165) is 23.1 Å². The molecular weight excluding hydrogens is 380 g/mol. The van der Waals surface area contributed by atoms with E-state index in [4.69, 9.17) is 4.98 Å². The fraction of sp³-hybridized carbons (Fsp3) is 0.316. The maximum absolute atomic E-state index is 13.0. The highest BCUT2D eigenvalue weighted by atomic mass is 79.9. The Morgan fingerprint density at radius 1 is 1.32 bits per heavy atom. The van der Waals surface area contributed by atoms with Crippen molar-refractivity contribution in [3.8, 4) is 0 Å². The molecule has 3 aromatic rings. The van der Waals surface area contributed by atoms with Gasteiger partial charge in [-0.1, -0.05) is 29.8 Å². The van der Waals surface area contributed by atoms with Gasteiger partial charge < -0.3 is 4.57 Å². The highest BCUT2D eigenvalue weighted by molar-refractivity contribution is 9.10. The lowest BCUT2D eigenvalue weighted by molar-refractivity contribution is 0.613. The highest BCUT2D eigenvalue weighted by Crippen LogP contribution is 2.20. The van der Waals surface area contributed by atoms with Gasteiger partial charge in [0.25, 0.3) is 5.56 Å². The van der Waals surface area contributed by atoms with Crippen molar-refractivity contribution >= 4 is 33.0 Å². The minimum atomic E-state index is -0.146. The Labute approximate surface area is 155 Å². The fourth-order valence-corrected chi connectivity index (χ4v) is 3.09. The maximum atomic E-state index is 13.0. The minimum absolute atomic E-state index is 0.135. The summed E-state index contributed by atoms with van der Waals surface area (Å²) in [6.07, 6.45) is 4.60. The van der Waals surface area contributed by atoms with Gasteiger partial charge in [0.15, 0.2) is 0 Å². The van der Waals surface area contributed by atoms with Crippen LogP contribution in [0.4, 0.5) is 0 Å². The number of rotatable bonds is 5. The molecule has 3 rings (SSSR count). The van der Waals surface area contributed by atoms with Crippen molar-refractivity contribution < 1.29 is 0 Å². The van der Waals surface area contributed by atoms with E-state index in [2.05, 4.69) is 46.4 Å². The molecule has 0 aliphatic heterocycles. The highest BCUT2D eigenvalue weighted by Gasteiger charge is 2.15. The summed E-state index contributed by atoms with van der Waals surface area (Å²) in [7, 11) is 0. The normalized spacial score (nSPS) is 13.0. The standard InChI is InChI=1S/C19H21BrN4O/c1-4-13(3)18-22-17-9-8-14(20)11-16(17)19(25)24(18)21-12-15-7-6-10-23(15)5-2/h6-13H,4-5H2,1-3H3/t13-/m0/s1. The maximum Gasteiger partial charge on any atom is 0.282 e. The molecule has 6 heteroatoms. The Morgan fingerprint density at radius 3 is 2.84 bits per heavy atom. The molecule has 0 bridgehead atoms. The summed E-state index contributed by atoms with van der Waals surface area (Å²) in [5.41, 5.74) is 1.51. The molecular formula is C19H21BrN4O. The van der Waals surface area contributed by atoms with Crippen LogP contribution in [0.1, 0.15) is 44.6 Å². The molecule has 0 saturated heterocycles. The SMILES string of the molecule is CC[C@H](C)c1nc2ccc(Br)cc2c(=O)n1N=Cc1cccn1CC. The molecule has 0 aliphatic carbocycles. The average Bonchev–Trinajstić information content (AvgIpc) is 3.08. The zero-order valence-electron chi connectivity index (χ0n) is 14.6. The van der Waals surface area contributed by atoms with Crippen molar-refractivity contribution in [1.82, 2.24) is 14.2 Å². The third-order valence-corrected chi connectivity index (χ3v) is 4.89. The Hall–Kier alpha value is -2.21. The van der Waals surface area contributed by atoms with Crippen LogP contribution in [0.15, 0.2) is 50.9 Å². The molecule has 0 aliphatic rings. The molecule has 0 spiro atoms. The molecule has 0 radical (unpaired) electrons. The third kappa shape index (κ3) is 3.44. The summed E-state index contributed by atoms with van der Waals surface area (Å²) in [4.78, 5) is 17.7. The van der Waals surface area contributed by atoms with Crippen LogP contribution < -0.4 is 5.56 Å². The van der Waals surface area contributed by atoms with Gasteiger partial charge in [0.2, 0.25) is 0 Å². The first-order valence-electron chi connectivity index (χ1n) is 8.46. The largest absolute Gasteiger partial charge is 0.347 e. The van der Waals surface area contributed by atoms with Gasteiger partial charge in [0.05, 0.1) is 22.8 Å². The van der Waals surface area contributed by atoms with Gasteiger partial charge in [-0.2, -0.15) is 9.78 Å². The lowest BCUT2D eigenvalue weighted by Crippen LogP contribution is -2.24. The summed E-state index contributed by atoms with van der Waals surface area (Å²) in [5.74, 6) is 0.823. The summed E-state index contributed by atoms with van der Waals surface area (Å²) >= 11 is 3.42. The van der Waals surface area contributed by atoms with Crippen LogP contribution in [0.25, 0.3) is 10.9 Å². The zero-order valence-corrected chi connectivity index (χ0v) is 16.2. The van der Waals surface area contributed by atoms with Crippen LogP contribution in [-0.4, -0.2) is 20.4 Å². The predicted molar refractivity (Wildman–Crippen MR) is 106 cm³/mol. The van der Waals surface area contributed by atoms with E-state index in [0.29, 0.717) is 16.7 Å². The lowest BCUT2D eigenvalue weighted by atomic mass is 10.1. The molecule has 2 heterocycles. The molecule has 2 aromatic heterocycles. The summed E-state index contributed by atoms with van der Waals surface area (Å²) in [6, 6.07) is 9.51. The number of benzene rings is 1. The first-order valence-corrected chi connectivity index (χ1v) is 9.26. The molecule has 0 unspecified atom stereocenters. The van der Waals surface area contributed by atoms with Gasteiger partial charge in [-0.3, -0.25) is 4.79 Å². The Kier molecular flexibility index (Phi) is 5.18. The van der Waals surface area contributed by atoms with Crippen molar-refractivity contribution in [3.05, 3.63) is 62.9 Å². The van der Waals surface area contributed by atoms with Crippen molar-refractivity contribution in [2.45, 2.75) is 39.7 Å². The number of aromatic nitrogens is 3. The van der Waals surface area contributed by atoms with E-state index in [9.17, 15) is 4.79 Å². The molecule has 0 N–H and O–H groups in total. The molecule has 0 fully saturated rings. The first kappa shape index (κ1) is 17.6. The van der Waals surface area contributed by atoms with Crippen LogP contribution in [-0.2, 0) is 6.54 Å². The summed E-state index contributed by atoms with van der Waals surface area (Å²) in [6.45, 7) is 7.07. The van der Waals surface area contributed by atoms with Gasteiger partial charge in [0.1, 0.15) is 5.82 Å². The Morgan fingerprint density at radius 2 is 2.12 bits per heavy atom. The van der Waals surface area contributed by atoms with Crippen molar-refractivity contribution in [2.75, 3.05) is 0 Å². The van der Waals surface area contributed by atoms with E-state index < -0.39 is 0 Å². The summed E-state index contributed by atoms with van der Waals surface area (Å²) in [5, 5.41) is 5.05. The van der Waals surface area contributed by atoms with E-state index in [-0.39, 0.29) is 11.5 Å². The number of hydrogen-bond acceptors (Lipinski definition) is 3. The zero-order chi connectivity index (χ0) is 18.0. The number of aryl methyl sites for hydroxylation is 1. The second-order valence-corrected chi connectivity index (χ2v) is 6.94. The van der Waals surface area contributed by atoms with Crippen LogP contribution >= 0.6 is 15.9 Å². The smallest absolute Gasteiger partial charge is 0.282 e. The van der Waals surface area contributed by atoms with E-state index >= 15 is 0 Å². The predicted octanol–water partition coefficient (Wildman–Crippen LogP) is 4.38. The molecule has 130 valence electrons. The molecule has 25 heavy (non-hydrogen) atoms. The second-order valence-electron chi connectivity index (χ2n) is 6.02. The number of halogens is 1. The average molecular weight is 401 g/mol. The molecule has 5 nitrogen and oxygen atoms in total. The molecule has 1 aromatic carbocycles. The van der Waals surface area contributed by atoms with Crippen LogP contribution in [0, 0.1) is 0 Å². The molecule has 1 atom stereocenters. The topological polar surface area (TPSA) is 52.2 Å². The van der Waals surface area contributed by atoms with E-state index in [1.165, 1.54) is 4.68 Å². The van der Waals surface area contributed by atoms with Crippen LogP contribution in [0.5, 0.6) is 0 Å². The van der Waals surface area contributed by atoms with Gasteiger partial charge in [-0.15, -0.1) is 0 Å². The van der Waals surface area contributed by atoms with Crippen molar-refractivity contribution in [1.29, 1.82) is 0 Å². The second kappa shape index (κ2) is 7.35. The first-order chi connectivity index (χ1) is 12.0. The Bertz CT molecular complexity index is 987. The van der Waals surface area contributed by atoms with Crippen molar-refractivity contribution in [2.24, 2.45) is 5.10 Å². The van der Waals surface area contributed by atoms with Crippen LogP contribution in [0.3, 0.4) is 0 Å². The Balaban J connectivity index is 2.20. The van der Waals surface area contributed by atoms with E-state index in [1.807, 2.05) is 30.5 Å². The van der Waals surface area contributed by atoms with Gasteiger partial charge in [-0.05, 0) is 43.7 Å². The number of hydrogen-bond donors (Lipinski definition) is 0. The number of nitrogens with zero attached hydrogens (tertiary/aromatic N) is 4. The third-order valence-electron chi connectivity index (χ3n) is 4.40. The fourth-order valence-electron chi connectivity index (χ4n) is 2.73. The van der Waals surface area contributed by atoms with Crippen LogP contribution in [0.2, 0.25) is 0 Å². The lowest BCUT2D eigenvalue weighted by Gasteiger charge is -2.14. The molecule has 0 amide bonds. The van der Waals surface area contributed by atoms with Gasteiger partial charge in [0, 0.05) is 23.1 Å². The number of fused-ring (bicyclic) bond motifs is 1. The minimum Gasteiger partial charge on any atom is -0.347 e.